The number of carbonyl (C=O) groups is 1. The molecule has 1 aliphatic rings. The highest BCUT2D eigenvalue weighted by atomic mass is 16.6. The number of anilines is 1. The lowest BCUT2D eigenvalue weighted by Crippen LogP contribution is -2.49. The molecule has 0 saturated carbocycles. The Bertz CT molecular complexity index is 1040. The summed E-state index contributed by atoms with van der Waals surface area (Å²) in [4.78, 5) is 31.0. The first kappa shape index (κ1) is 18.5. The molecular weight excluding hydrogens is 374 g/mol. The number of imidazole rings is 1. The van der Waals surface area contributed by atoms with Crippen molar-refractivity contribution in [1.29, 1.82) is 0 Å². The first-order valence-corrected chi connectivity index (χ1v) is 9.15. The standard InChI is InChI=1S/C19H19N7O3/c1-14-20-7-8-25(14)18-6-5-17(21-22-18)23-9-11-24(12-10-23)19(27)15-3-2-4-16(13-15)26(28)29/h2-8,13H,9-12H2,1H3. The van der Waals surface area contributed by atoms with Gasteiger partial charge in [0, 0.05) is 56.3 Å². The summed E-state index contributed by atoms with van der Waals surface area (Å²) in [5.74, 6) is 2.07. The van der Waals surface area contributed by atoms with Gasteiger partial charge in [0.25, 0.3) is 11.6 Å². The normalized spacial score (nSPS) is 14.1. The van der Waals surface area contributed by atoms with Gasteiger partial charge in [0.15, 0.2) is 11.6 Å². The molecule has 4 rings (SSSR count). The third kappa shape index (κ3) is 3.77. The molecule has 1 saturated heterocycles. The van der Waals surface area contributed by atoms with Gasteiger partial charge in [-0.15, -0.1) is 10.2 Å². The van der Waals surface area contributed by atoms with Gasteiger partial charge in [-0.2, -0.15) is 0 Å². The summed E-state index contributed by atoms with van der Waals surface area (Å²) in [6.45, 7) is 4.13. The molecule has 0 spiro atoms. The molecular formula is C19H19N7O3. The summed E-state index contributed by atoms with van der Waals surface area (Å²) in [7, 11) is 0. The molecule has 0 N–H and O–H groups in total. The van der Waals surface area contributed by atoms with Crippen molar-refractivity contribution in [3.63, 3.8) is 0 Å². The first-order chi connectivity index (χ1) is 14.0. The topological polar surface area (TPSA) is 110 Å². The smallest absolute Gasteiger partial charge is 0.270 e. The second-order valence-corrected chi connectivity index (χ2v) is 6.68. The van der Waals surface area contributed by atoms with Crippen LogP contribution in [0.3, 0.4) is 0 Å². The number of rotatable bonds is 4. The first-order valence-electron chi connectivity index (χ1n) is 9.15. The Labute approximate surface area is 166 Å². The highest BCUT2D eigenvalue weighted by Crippen LogP contribution is 2.18. The Hall–Kier alpha value is -3.82. The van der Waals surface area contributed by atoms with Crippen LogP contribution in [0.25, 0.3) is 5.82 Å². The van der Waals surface area contributed by atoms with Gasteiger partial charge in [-0.1, -0.05) is 6.07 Å². The molecule has 0 bridgehead atoms. The number of non-ortho nitro benzene ring substituents is 1. The van der Waals surface area contributed by atoms with Crippen molar-refractivity contribution in [3.8, 4) is 5.82 Å². The lowest BCUT2D eigenvalue weighted by atomic mass is 10.1. The minimum Gasteiger partial charge on any atom is -0.352 e. The van der Waals surface area contributed by atoms with E-state index in [4.69, 9.17) is 0 Å². The maximum atomic E-state index is 12.7. The molecule has 0 unspecified atom stereocenters. The second kappa shape index (κ2) is 7.66. The summed E-state index contributed by atoms with van der Waals surface area (Å²) in [5, 5.41) is 19.5. The van der Waals surface area contributed by atoms with Crippen LogP contribution in [0, 0.1) is 17.0 Å². The Morgan fingerprint density at radius 1 is 1.07 bits per heavy atom. The van der Waals surface area contributed by atoms with Crippen LogP contribution in [0.4, 0.5) is 11.5 Å². The number of aryl methyl sites for hydroxylation is 1. The molecule has 1 aliphatic heterocycles. The van der Waals surface area contributed by atoms with E-state index in [0.29, 0.717) is 37.6 Å². The van der Waals surface area contributed by atoms with E-state index in [0.717, 1.165) is 11.6 Å². The van der Waals surface area contributed by atoms with Crippen molar-refractivity contribution in [2.75, 3.05) is 31.1 Å². The maximum absolute atomic E-state index is 12.7. The van der Waals surface area contributed by atoms with E-state index in [2.05, 4.69) is 20.1 Å². The second-order valence-electron chi connectivity index (χ2n) is 6.68. The largest absolute Gasteiger partial charge is 0.352 e. The third-order valence-corrected chi connectivity index (χ3v) is 4.90. The van der Waals surface area contributed by atoms with Crippen LogP contribution in [0.5, 0.6) is 0 Å². The predicted octanol–water partition coefficient (Wildman–Crippen LogP) is 1.84. The fraction of sp³-hybridized carbons (Fsp3) is 0.263. The van der Waals surface area contributed by atoms with Crippen LogP contribution in [0.2, 0.25) is 0 Å². The zero-order valence-corrected chi connectivity index (χ0v) is 15.8. The van der Waals surface area contributed by atoms with Gasteiger partial charge in [0.05, 0.1) is 4.92 Å². The van der Waals surface area contributed by atoms with Crippen molar-refractivity contribution in [2.45, 2.75) is 6.92 Å². The van der Waals surface area contributed by atoms with Crippen molar-refractivity contribution in [2.24, 2.45) is 0 Å². The zero-order valence-electron chi connectivity index (χ0n) is 15.8. The van der Waals surface area contributed by atoms with Crippen molar-refractivity contribution in [3.05, 3.63) is 70.3 Å². The number of nitrogens with zero attached hydrogens (tertiary/aromatic N) is 7. The van der Waals surface area contributed by atoms with Crippen molar-refractivity contribution >= 4 is 17.4 Å². The molecule has 1 aromatic carbocycles. The molecule has 10 nitrogen and oxygen atoms in total. The van der Waals surface area contributed by atoms with Crippen LogP contribution in [-0.4, -0.2) is 61.7 Å². The summed E-state index contributed by atoms with van der Waals surface area (Å²) >= 11 is 0. The Morgan fingerprint density at radius 2 is 1.79 bits per heavy atom. The number of hydrogen-bond donors (Lipinski definition) is 0. The SMILES string of the molecule is Cc1nccn1-c1ccc(N2CCN(C(=O)c3cccc([N+](=O)[O-])c3)CC2)nn1. The fourth-order valence-corrected chi connectivity index (χ4v) is 3.31. The van der Waals surface area contributed by atoms with E-state index < -0.39 is 4.92 Å². The van der Waals surface area contributed by atoms with Gasteiger partial charge in [-0.3, -0.25) is 19.5 Å². The van der Waals surface area contributed by atoms with Gasteiger partial charge in [0.2, 0.25) is 0 Å². The molecule has 2 aromatic heterocycles. The number of benzene rings is 1. The number of piperazine rings is 1. The van der Waals surface area contributed by atoms with Crippen LogP contribution in [-0.2, 0) is 0 Å². The molecule has 10 heteroatoms. The Morgan fingerprint density at radius 3 is 2.41 bits per heavy atom. The Kier molecular flexibility index (Phi) is 4.90. The minimum absolute atomic E-state index is 0.0852. The van der Waals surface area contributed by atoms with Crippen LogP contribution in [0.1, 0.15) is 16.2 Å². The molecule has 1 fully saturated rings. The quantitative estimate of drug-likeness (QED) is 0.491. The maximum Gasteiger partial charge on any atom is 0.270 e. The van der Waals surface area contributed by atoms with E-state index >= 15 is 0 Å². The monoisotopic (exact) mass is 393 g/mol. The molecule has 148 valence electrons. The summed E-state index contributed by atoms with van der Waals surface area (Å²) in [5.41, 5.74) is 0.241. The van der Waals surface area contributed by atoms with Gasteiger partial charge < -0.3 is 9.80 Å². The molecule has 0 atom stereocenters. The summed E-state index contributed by atoms with van der Waals surface area (Å²) < 4.78 is 1.85. The average Bonchev–Trinajstić information content (AvgIpc) is 3.19. The molecule has 0 radical (unpaired) electrons. The van der Waals surface area contributed by atoms with Gasteiger partial charge in [-0.05, 0) is 25.1 Å². The van der Waals surface area contributed by atoms with Gasteiger partial charge >= 0.3 is 0 Å². The summed E-state index contributed by atoms with van der Waals surface area (Å²) in [6, 6.07) is 9.61. The van der Waals surface area contributed by atoms with Crippen LogP contribution in [0.15, 0.2) is 48.8 Å². The molecule has 3 heterocycles. The zero-order chi connectivity index (χ0) is 20.4. The minimum atomic E-state index is -0.498. The number of hydrogen-bond acceptors (Lipinski definition) is 7. The highest BCUT2D eigenvalue weighted by Gasteiger charge is 2.24. The van der Waals surface area contributed by atoms with Gasteiger partial charge in [0.1, 0.15) is 5.82 Å². The number of carbonyl (C=O) groups excluding carboxylic acids is 1. The average molecular weight is 393 g/mol. The summed E-state index contributed by atoms with van der Waals surface area (Å²) in [6.07, 6.45) is 3.54. The highest BCUT2D eigenvalue weighted by molar-refractivity contribution is 5.95. The lowest BCUT2D eigenvalue weighted by molar-refractivity contribution is -0.384. The molecule has 1 amide bonds. The number of aromatic nitrogens is 4. The van der Waals surface area contributed by atoms with Crippen molar-refractivity contribution in [1.82, 2.24) is 24.6 Å². The van der Waals surface area contributed by atoms with E-state index in [-0.39, 0.29) is 11.6 Å². The van der Waals surface area contributed by atoms with Crippen LogP contribution < -0.4 is 4.90 Å². The van der Waals surface area contributed by atoms with E-state index in [1.54, 1.807) is 17.2 Å². The molecule has 3 aromatic rings. The van der Waals surface area contributed by atoms with E-state index in [9.17, 15) is 14.9 Å². The fourth-order valence-electron chi connectivity index (χ4n) is 3.31. The van der Waals surface area contributed by atoms with Gasteiger partial charge in [-0.25, -0.2) is 4.98 Å². The number of nitro benzene ring substituents is 1. The predicted molar refractivity (Wildman–Crippen MR) is 105 cm³/mol. The van der Waals surface area contributed by atoms with E-state index in [1.807, 2.05) is 29.8 Å². The lowest BCUT2D eigenvalue weighted by Gasteiger charge is -2.35. The van der Waals surface area contributed by atoms with E-state index in [1.165, 1.54) is 18.2 Å². The van der Waals surface area contributed by atoms with Crippen LogP contribution >= 0.6 is 0 Å². The molecule has 0 aliphatic carbocycles. The number of amides is 1. The number of nitro groups is 1. The molecule has 29 heavy (non-hydrogen) atoms. The third-order valence-electron chi connectivity index (χ3n) is 4.90. The Balaban J connectivity index is 1.40. The van der Waals surface area contributed by atoms with Crippen molar-refractivity contribution < 1.29 is 9.72 Å².